The van der Waals surface area contributed by atoms with Gasteiger partial charge in [-0.25, -0.2) is 8.42 Å². The van der Waals surface area contributed by atoms with Crippen LogP contribution >= 0.6 is 0 Å². The summed E-state index contributed by atoms with van der Waals surface area (Å²) in [5, 5.41) is 12.9. The van der Waals surface area contributed by atoms with E-state index in [-0.39, 0.29) is 11.8 Å². The van der Waals surface area contributed by atoms with Crippen LogP contribution in [0.4, 0.5) is 0 Å². The van der Waals surface area contributed by atoms with Crippen molar-refractivity contribution in [2.45, 2.75) is 33.2 Å². The molecule has 1 rings (SSSR count). The smallest absolute Gasteiger partial charge is 0.148 e. The maximum absolute atomic E-state index is 11.1. The third kappa shape index (κ3) is 5.61. The van der Waals surface area contributed by atoms with Crippen LogP contribution in [-0.2, 0) is 16.3 Å². The number of phenols is 1. The highest BCUT2D eigenvalue weighted by Gasteiger charge is 2.09. The van der Waals surface area contributed by atoms with Gasteiger partial charge < -0.3 is 10.4 Å². The summed E-state index contributed by atoms with van der Waals surface area (Å²) in [6.45, 7) is 6.35. The molecule has 1 aromatic carbocycles. The zero-order valence-corrected chi connectivity index (χ0v) is 12.8. The van der Waals surface area contributed by atoms with Crippen LogP contribution < -0.4 is 5.32 Å². The molecule has 1 aromatic rings. The zero-order valence-electron chi connectivity index (χ0n) is 12.0. The van der Waals surface area contributed by atoms with Crippen LogP contribution in [0.5, 0.6) is 5.75 Å². The zero-order chi connectivity index (χ0) is 14.6. The van der Waals surface area contributed by atoms with Gasteiger partial charge in [-0.15, -0.1) is 0 Å². The maximum Gasteiger partial charge on any atom is 0.148 e. The molecule has 2 N–H and O–H groups in total. The fourth-order valence-corrected chi connectivity index (χ4v) is 3.19. The van der Waals surface area contributed by atoms with Crippen molar-refractivity contribution in [3.63, 3.8) is 0 Å². The van der Waals surface area contributed by atoms with E-state index in [4.69, 9.17) is 0 Å². The van der Waals surface area contributed by atoms with Gasteiger partial charge in [-0.2, -0.15) is 0 Å². The lowest BCUT2D eigenvalue weighted by Crippen LogP contribution is -2.34. The first-order valence-electron chi connectivity index (χ1n) is 6.39. The molecule has 0 aliphatic rings. The van der Waals surface area contributed by atoms with Crippen LogP contribution in [0.2, 0.25) is 0 Å². The van der Waals surface area contributed by atoms with Crippen molar-refractivity contribution in [1.29, 1.82) is 0 Å². The first-order valence-corrected chi connectivity index (χ1v) is 8.45. The average molecular weight is 285 g/mol. The minimum absolute atomic E-state index is 0.0469. The maximum atomic E-state index is 11.1. The topological polar surface area (TPSA) is 66.4 Å². The third-order valence-corrected chi connectivity index (χ3v) is 4.12. The molecule has 0 radical (unpaired) electrons. The van der Waals surface area contributed by atoms with Crippen LogP contribution in [-0.4, -0.2) is 38.1 Å². The molecule has 0 fully saturated rings. The molecule has 4 nitrogen and oxygen atoms in total. The summed E-state index contributed by atoms with van der Waals surface area (Å²) in [5.41, 5.74) is 2.89. The largest absolute Gasteiger partial charge is 0.507 e. The van der Waals surface area contributed by atoms with E-state index in [9.17, 15) is 13.5 Å². The molecule has 0 aliphatic heterocycles. The van der Waals surface area contributed by atoms with Gasteiger partial charge in [-0.3, -0.25) is 0 Å². The van der Waals surface area contributed by atoms with Gasteiger partial charge in [0.1, 0.15) is 15.6 Å². The Kier molecular flexibility index (Phi) is 5.38. The van der Waals surface area contributed by atoms with Crippen LogP contribution in [0, 0.1) is 13.8 Å². The van der Waals surface area contributed by atoms with Crippen molar-refractivity contribution < 1.29 is 13.5 Å². The fourth-order valence-electron chi connectivity index (χ4n) is 2.17. The van der Waals surface area contributed by atoms with Gasteiger partial charge >= 0.3 is 0 Å². The van der Waals surface area contributed by atoms with Crippen LogP contribution in [0.3, 0.4) is 0 Å². The predicted octanol–water partition coefficient (Wildman–Crippen LogP) is 1.57. The van der Waals surface area contributed by atoms with Gasteiger partial charge in [0.15, 0.2) is 0 Å². The van der Waals surface area contributed by atoms with E-state index in [1.807, 2.05) is 32.9 Å². The number of rotatable bonds is 6. The first kappa shape index (κ1) is 16.0. The van der Waals surface area contributed by atoms with Crippen LogP contribution in [0.1, 0.15) is 23.6 Å². The summed E-state index contributed by atoms with van der Waals surface area (Å²) in [5.74, 6) is 0.503. The van der Waals surface area contributed by atoms with Gasteiger partial charge in [0.25, 0.3) is 0 Å². The Labute approximate surface area is 115 Å². The number of benzene rings is 1. The van der Waals surface area contributed by atoms with Crippen molar-refractivity contribution in [2.24, 2.45) is 0 Å². The second kappa shape index (κ2) is 6.39. The third-order valence-electron chi connectivity index (χ3n) is 3.01. The van der Waals surface area contributed by atoms with Crippen molar-refractivity contribution in [2.75, 3.05) is 18.6 Å². The molecular formula is C14H23NO3S. The van der Waals surface area contributed by atoms with E-state index in [1.165, 1.54) is 6.26 Å². The fraction of sp³-hybridized carbons (Fsp3) is 0.571. The van der Waals surface area contributed by atoms with E-state index < -0.39 is 9.84 Å². The lowest BCUT2D eigenvalue weighted by Gasteiger charge is -2.13. The first-order chi connectivity index (χ1) is 8.69. The number of nitrogens with one attached hydrogen (secondary N) is 1. The molecule has 0 aromatic heterocycles. The summed E-state index contributed by atoms with van der Waals surface area (Å²) in [4.78, 5) is 0. The number of hydrogen-bond donors (Lipinski definition) is 2. The lowest BCUT2D eigenvalue weighted by atomic mass is 10.0. The summed E-state index contributed by atoms with van der Waals surface area (Å²) in [6.07, 6.45) is 2.06. The SMILES string of the molecule is Cc1cc(CCN[C@@H](C)CS(C)(=O)=O)cc(C)c1O. The minimum Gasteiger partial charge on any atom is -0.507 e. The van der Waals surface area contributed by atoms with Crippen molar-refractivity contribution in [3.8, 4) is 5.75 Å². The summed E-state index contributed by atoms with van der Waals surface area (Å²) < 4.78 is 22.3. The Hall–Kier alpha value is -1.07. The predicted molar refractivity (Wildman–Crippen MR) is 78.5 cm³/mol. The molecule has 0 aliphatic carbocycles. The molecule has 0 unspecified atom stereocenters. The Morgan fingerprint density at radius 1 is 1.26 bits per heavy atom. The number of phenolic OH excluding ortho intramolecular Hbond substituents is 1. The van der Waals surface area contributed by atoms with Gasteiger partial charge in [0.05, 0.1) is 5.75 Å². The number of hydrogen-bond acceptors (Lipinski definition) is 4. The summed E-state index contributed by atoms with van der Waals surface area (Å²) >= 11 is 0. The van der Waals surface area contributed by atoms with E-state index in [2.05, 4.69) is 5.32 Å². The van der Waals surface area contributed by atoms with E-state index in [1.54, 1.807) is 0 Å². The molecule has 0 spiro atoms. The number of sulfone groups is 1. The molecule has 0 saturated heterocycles. The molecule has 0 saturated carbocycles. The molecular weight excluding hydrogens is 262 g/mol. The van der Waals surface area contributed by atoms with E-state index in [0.717, 1.165) is 29.7 Å². The van der Waals surface area contributed by atoms with E-state index >= 15 is 0 Å². The molecule has 1 atom stereocenters. The van der Waals surface area contributed by atoms with Crippen LogP contribution in [0.15, 0.2) is 12.1 Å². The Morgan fingerprint density at radius 3 is 2.26 bits per heavy atom. The highest BCUT2D eigenvalue weighted by Crippen LogP contribution is 2.22. The van der Waals surface area contributed by atoms with Crippen LogP contribution in [0.25, 0.3) is 0 Å². The van der Waals surface area contributed by atoms with Gasteiger partial charge in [0, 0.05) is 12.3 Å². The summed E-state index contributed by atoms with van der Waals surface area (Å²) in [7, 11) is -2.93. The molecule has 19 heavy (non-hydrogen) atoms. The number of aryl methyl sites for hydroxylation is 2. The van der Waals surface area contributed by atoms with Gasteiger partial charge in [-0.05, 0) is 50.4 Å². The Bertz CT molecular complexity index is 515. The second-order valence-corrected chi connectivity index (χ2v) is 7.46. The quantitative estimate of drug-likeness (QED) is 0.832. The van der Waals surface area contributed by atoms with Crippen molar-refractivity contribution in [3.05, 3.63) is 28.8 Å². The monoisotopic (exact) mass is 285 g/mol. The second-order valence-electron chi connectivity index (χ2n) is 5.28. The normalized spacial score (nSPS) is 13.5. The van der Waals surface area contributed by atoms with Crippen molar-refractivity contribution >= 4 is 9.84 Å². The van der Waals surface area contributed by atoms with E-state index in [0.29, 0.717) is 5.75 Å². The molecule has 0 amide bonds. The highest BCUT2D eigenvalue weighted by molar-refractivity contribution is 7.90. The lowest BCUT2D eigenvalue weighted by molar-refractivity contribution is 0.466. The molecule has 0 heterocycles. The van der Waals surface area contributed by atoms with Crippen molar-refractivity contribution in [1.82, 2.24) is 5.32 Å². The Morgan fingerprint density at radius 2 is 1.79 bits per heavy atom. The summed E-state index contributed by atoms with van der Waals surface area (Å²) in [6, 6.07) is 3.88. The van der Waals surface area contributed by atoms with Gasteiger partial charge in [0.2, 0.25) is 0 Å². The van der Waals surface area contributed by atoms with Gasteiger partial charge in [-0.1, -0.05) is 12.1 Å². The highest BCUT2D eigenvalue weighted by atomic mass is 32.2. The molecule has 0 bridgehead atoms. The number of aromatic hydroxyl groups is 1. The average Bonchev–Trinajstić information content (AvgIpc) is 2.23. The molecule has 5 heteroatoms. The molecule has 108 valence electrons. The Balaban J connectivity index is 2.50. The standard InChI is InChI=1S/C14H23NO3S/c1-10-7-13(8-11(2)14(10)16)5-6-15-12(3)9-19(4,17)18/h7-8,12,15-16H,5-6,9H2,1-4H3/t12-/m0/s1. The minimum atomic E-state index is -2.93.